The van der Waals surface area contributed by atoms with Crippen LogP contribution >= 0.6 is 0 Å². The van der Waals surface area contributed by atoms with Gasteiger partial charge in [-0.3, -0.25) is 4.79 Å². The van der Waals surface area contributed by atoms with Crippen molar-refractivity contribution >= 4 is 12.0 Å². The quantitative estimate of drug-likeness (QED) is 0.853. The largest absolute Gasteiger partial charge is 0.493 e. The maximum atomic E-state index is 12.0. The van der Waals surface area contributed by atoms with Crippen molar-refractivity contribution in [2.24, 2.45) is 0 Å². The number of ether oxygens (including phenoxy) is 1. The molecule has 4 nitrogen and oxygen atoms in total. The van der Waals surface area contributed by atoms with Crippen LogP contribution in [-0.2, 0) is 10.4 Å². The topological polar surface area (TPSA) is 58.6 Å². The highest BCUT2D eigenvalue weighted by Crippen LogP contribution is 2.36. The van der Waals surface area contributed by atoms with Crippen LogP contribution in [0.4, 0.5) is 0 Å². The van der Waals surface area contributed by atoms with Crippen molar-refractivity contribution < 1.29 is 14.6 Å². The molecule has 1 atom stereocenters. The maximum Gasteiger partial charge on any atom is 0.244 e. The monoisotopic (exact) mass is 309 g/mol. The normalized spacial score (nSPS) is 19.9. The van der Waals surface area contributed by atoms with Crippen molar-refractivity contribution in [2.45, 2.75) is 12.0 Å². The molecule has 0 radical (unpaired) electrons. The Kier molecular flexibility index (Phi) is 4.44. The van der Waals surface area contributed by atoms with E-state index in [-0.39, 0.29) is 12.5 Å². The molecule has 1 unspecified atom stereocenters. The molecule has 2 aromatic rings. The predicted octanol–water partition coefficient (Wildman–Crippen LogP) is 2.49. The van der Waals surface area contributed by atoms with E-state index in [9.17, 15) is 9.90 Å². The van der Waals surface area contributed by atoms with E-state index in [1.54, 1.807) is 6.08 Å². The van der Waals surface area contributed by atoms with Gasteiger partial charge in [-0.15, -0.1) is 0 Å². The van der Waals surface area contributed by atoms with Gasteiger partial charge >= 0.3 is 0 Å². The minimum Gasteiger partial charge on any atom is -0.493 e. The fourth-order valence-corrected chi connectivity index (χ4v) is 2.65. The van der Waals surface area contributed by atoms with Crippen molar-refractivity contribution in [1.82, 2.24) is 5.32 Å². The van der Waals surface area contributed by atoms with Gasteiger partial charge < -0.3 is 15.2 Å². The summed E-state index contributed by atoms with van der Waals surface area (Å²) in [6, 6.07) is 17.0. The molecule has 1 aliphatic rings. The fraction of sp³-hybridized carbons (Fsp3) is 0.211. The second-order valence-corrected chi connectivity index (χ2v) is 5.59. The molecular formula is C19H19NO3. The zero-order valence-electron chi connectivity index (χ0n) is 12.7. The Morgan fingerprint density at radius 1 is 1.17 bits per heavy atom. The molecular weight excluding hydrogens is 290 g/mol. The van der Waals surface area contributed by atoms with Crippen molar-refractivity contribution in [3.8, 4) is 5.75 Å². The Labute approximate surface area is 135 Å². The van der Waals surface area contributed by atoms with Gasteiger partial charge in [0.15, 0.2) is 0 Å². The fourth-order valence-electron chi connectivity index (χ4n) is 2.65. The molecule has 0 aromatic heterocycles. The number of amides is 1. The Bertz CT molecular complexity index is 712. The van der Waals surface area contributed by atoms with E-state index in [0.717, 1.165) is 11.1 Å². The molecule has 2 N–H and O–H groups in total. The summed E-state index contributed by atoms with van der Waals surface area (Å²) in [4.78, 5) is 12.0. The van der Waals surface area contributed by atoms with Crippen molar-refractivity contribution in [3.05, 3.63) is 71.8 Å². The lowest BCUT2D eigenvalue weighted by atomic mass is 9.88. The van der Waals surface area contributed by atoms with Gasteiger partial charge in [-0.25, -0.2) is 0 Å². The first-order valence-corrected chi connectivity index (χ1v) is 7.63. The zero-order chi connectivity index (χ0) is 16.1. The molecule has 0 saturated heterocycles. The molecule has 1 amide bonds. The Morgan fingerprint density at radius 2 is 1.91 bits per heavy atom. The van der Waals surface area contributed by atoms with Crippen LogP contribution in [0, 0.1) is 0 Å². The van der Waals surface area contributed by atoms with E-state index in [1.807, 2.05) is 54.6 Å². The Balaban J connectivity index is 1.64. The number of nitrogens with one attached hydrogen (secondary N) is 1. The number of carbonyl (C=O) groups excluding carboxylic acids is 1. The first-order valence-electron chi connectivity index (χ1n) is 7.63. The highest BCUT2D eigenvalue weighted by molar-refractivity contribution is 5.91. The Hall–Kier alpha value is -2.59. The van der Waals surface area contributed by atoms with Crippen LogP contribution < -0.4 is 10.1 Å². The van der Waals surface area contributed by atoms with Gasteiger partial charge in [0.2, 0.25) is 5.91 Å². The second-order valence-electron chi connectivity index (χ2n) is 5.59. The van der Waals surface area contributed by atoms with E-state index < -0.39 is 5.60 Å². The first kappa shape index (κ1) is 15.3. The summed E-state index contributed by atoms with van der Waals surface area (Å²) < 4.78 is 5.54. The molecule has 0 saturated carbocycles. The minimum atomic E-state index is -1.09. The average Bonchev–Trinajstić information content (AvgIpc) is 2.60. The molecule has 4 heteroatoms. The van der Waals surface area contributed by atoms with Crippen LogP contribution in [0.3, 0.4) is 0 Å². The molecule has 2 aromatic carbocycles. The van der Waals surface area contributed by atoms with E-state index in [2.05, 4.69) is 5.32 Å². The highest BCUT2D eigenvalue weighted by atomic mass is 16.5. The molecule has 3 rings (SSSR count). The second kappa shape index (κ2) is 6.67. The summed E-state index contributed by atoms with van der Waals surface area (Å²) in [6.07, 6.45) is 3.67. The number of aliphatic hydroxyl groups is 1. The van der Waals surface area contributed by atoms with Gasteiger partial charge in [0, 0.05) is 18.1 Å². The summed E-state index contributed by atoms with van der Waals surface area (Å²) in [5.74, 6) is 0.446. The SMILES string of the molecule is O=C(C=Cc1ccccc1)NCC1(O)CCOc2ccccc21. The summed E-state index contributed by atoms with van der Waals surface area (Å²) in [5.41, 5.74) is 0.585. The van der Waals surface area contributed by atoms with Crippen LogP contribution in [-0.4, -0.2) is 24.2 Å². The Morgan fingerprint density at radius 3 is 2.74 bits per heavy atom. The lowest BCUT2D eigenvalue weighted by Gasteiger charge is -2.34. The maximum absolute atomic E-state index is 12.0. The average molecular weight is 309 g/mol. The van der Waals surface area contributed by atoms with Gasteiger partial charge in [-0.2, -0.15) is 0 Å². The molecule has 0 aliphatic carbocycles. The number of benzene rings is 2. The molecule has 1 aliphatic heterocycles. The van der Waals surface area contributed by atoms with E-state index in [4.69, 9.17) is 4.74 Å². The third-order valence-electron chi connectivity index (χ3n) is 3.94. The van der Waals surface area contributed by atoms with Crippen molar-refractivity contribution in [3.63, 3.8) is 0 Å². The standard InChI is InChI=1S/C19H19NO3/c21-18(11-10-15-6-2-1-3-7-15)20-14-19(22)12-13-23-17-9-5-4-8-16(17)19/h1-11,22H,12-14H2,(H,20,21). The van der Waals surface area contributed by atoms with Gasteiger partial charge in [0.25, 0.3) is 0 Å². The molecule has 1 heterocycles. The third kappa shape index (κ3) is 3.60. The predicted molar refractivity (Wildman–Crippen MR) is 88.9 cm³/mol. The van der Waals surface area contributed by atoms with Gasteiger partial charge in [0.1, 0.15) is 11.4 Å². The molecule has 118 valence electrons. The lowest BCUT2D eigenvalue weighted by molar-refractivity contribution is -0.118. The number of para-hydroxylation sites is 1. The van der Waals surface area contributed by atoms with Crippen LogP contribution in [0.5, 0.6) is 5.75 Å². The minimum absolute atomic E-state index is 0.158. The number of hydrogen-bond acceptors (Lipinski definition) is 3. The summed E-state index contributed by atoms with van der Waals surface area (Å²) in [7, 11) is 0. The lowest BCUT2D eigenvalue weighted by Crippen LogP contribution is -2.43. The number of carbonyl (C=O) groups is 1. The number of hydrogen-bond donors (Lipinski definition) is 2. The number of fused-ring (bicyclic) bond motifs is 1. The zero-order valence-corrected chi connectivity index (χ0v) is 12.7. The molecule has 23 heavy (non-hydrogen) atoms. The molecule has 0 bridgehead atoms. The van der Waals surface area contributed by atoms with Crippen LogP contribution in [0.1, 0.15) is 17.5 Å². The van der Waals surface area contributed by atoms with E-state index >= 15 is 0 Å². The van der Waals surface area contributed by atoms with Crippen LogP contribution in [0.2, 0.25) is 0 Å². The molecule has 0 fully saturated rings. The van der Waals surface area contributed by atoms with E-state index in [1.165, 1.54) is 6.08 Å². The van der Waals surface area contributed by atoms with Crippen LogP contribution in [0.25, 0.3) is 6.08 Å². The third-order valence-corrected chi connectivity index (χ3v) is 3.94. The smallest absolute Gasteiger partial charge is 0.244 e. The summed E-state index contributed by atoms with van der Waals surface area (Å²) in [5, 5.41) is 13.6. The van der Waals surface area contributed by atoms with Gasteiger partial charge in [0.05, 0.1) is 13.2 Å². The number of rotatable bonds is 4. The highest BCUT2D eigenvalue weighted by Gasteiger charge is 2.35. The van der Waals surface area contributed by atoms with Crippen LogP contribution in [0.15, 0.2) is 60.7 Å². The van der Waals surface area contributed by atoms with Crippen molar-refractivity contribution in [1.29, 1.82) is 0 Å². The van der Waals surface area contributed by atoms with Gasteiger partial charge in [-0.05, 0) is 17.7 Å². The first-order chi connectivity index (χ1) is 11.2. The molecule has 0 spiro atoms. The van der Waals surface area contributed by atoms with Gasteiger partial charge in [-0.1, -0.05) is 48.5 Å². The van der Waals surface area contributed by atoms with E-state index in [0.29, 0.717) is 18.8 Å². The summed E-state index contributed by atoms with van der Waals surface area (Å²) in [6.45, 7) is 0.592. The van der Waals surface area contributed by atoms with Crippen molar-refractivity contribution in [2.75, 3.05) is 13.2 Å². The summed E-state index contributed by atoms with van der Waals surface area (Å²) >= 11 is 0.